The smallest absolute Gasteiger partial charge is 0.387 e. The summed E-state index contributed by atoms with van der Waals surface area (Å²) in [5, 5.41) is 2.99. The molecule has 3 heterocycles. The van der Waals surface area contributed by atoms with Gasteiger partial charge in [-0.05, 0) is 42.7 Å². The number of fused-ring (bicyclic) bond motifs is 4. The third-order valence-corrected chi connectivity index (χ3v) is 5.29. The number of benzene rings is 2. The lowest BCUT2D eigenvalue weighted by molar-refractivity contribution is -0.0507. The molecule has 5 rings (SSSR count). The van der Waals surface area contributed by atoms with Crippen LogP contribution in [-0.2, 0) is 0 Å². The first-order valence-electron chi connectivity index (χ1n) is 9.88. The van der Waals surface area contributed by atoms with Gasteiger partial charge in [0.05, 0.1) is 24.2 Å². The Labute approximate surface area is 176 Å². The van der Waals surface area contributed by atoms with Gasteiger partial charge in [0.15, 0.2) is 23.6 Å². The minimum absolute atomic E-state index is 0.163. The first-order valence-corrected chi connectivity index (χ1v) is 9.88. The van der Waals surface area contributed by atoms with Gasteiger partial charge in [0, 0.05) is 18.6 Å². The number of ether oxygens (including phenoxy) is 3. The van der Waals surface area contributed by atoms with Crippen LogP contribution in [0.15, 0.2) is 29.3 Å². The Balaban J connectivity index is 1.65. The lowest BCUT2D eigenvalue weighted by atomic mass is 10.0. The number of aliphatic imine (C=N–C) groups is 1. The van der Waals surface area contributed by atoms with Crippen molar-refractivity contribution in [1.29, 1.82) is 0 Å². The molecule has 2 aromatic carbocycles. The molecule has 0 amide bonds. The number of nitrogens with one attached hydrogen (secondary N) is 1. The van der Waals surface area contributed by atoms with E-state index in [1.807, 2.05) is 16.7 Å². The van der Waals surface area contributed by atoms with Gasteiger partial charge in [-0.25, -0.2) is 9.98 Å². The predicted octanol–water partition coefficient (Wildman–Crippen LogP) is 3.70. The van der Waals surface area contributed by atoms with Gasteiger partial charge in [0.2, 0.25) is 5.95 Å². The van der Waals surface area contributed by atoms with E-state index in [1.54, 1.807) is 26.0 Å². The molecule has 1 aromatic heterocycles. The van der Waals surface area contributed by atoms with Crippen molar-refractivity contribution < 1.29 is 23.0 Å². The second kappa shape index (κ2) is 7.29. The number of anilines is 1. The highest BCUT2D eigenvalue weighted by molar-refractivity contribution is 5.95. The highest BCUT2D eigenvalue weighted by atomic mass is 19.3. The molecule has 0 radical (unpaired) electrons. The minimum Gasteiger partial charge on any atom is -0.489 e. The summed E-state index contributed by atoms with van der Waals surface area (Å²) in [6.07, 6.45) is 0.262. The van der Waals surface area contributed by atoms with Crippen molar-refractivity contribution in [2.75, 3.05) is 18.5 Å². The number of hydrogen-bond donors (Lipinski definition) is 2. The molecule has 0 aliphatic carbocycles. The van der Waals surface area contributed by atoms with E-state index in [0.29, 0.717) is 47.3 Å². The summed E-state index contributed by atoms with van der Waals surface area (Å²) in [6.45, 7) is 1.70. The number of guanidine groups is 1. The van der Waals surface area contributed by atoms with Crippen molar-refractivity contribution in [3.8, 4) is 17.2 Å². The quantitative estimate of drug-likeness (QED) is 0.659. The van der Waals surface area contributed by atoms with E-state index in [9.17, 15) is 8.78 Å². The van der Waals surface area contributed by atoms with Gasteiger partial charge in [-0.15, -0.1) is 0 Å². The fourth-order valence-electron chi connectivity index (χ4n) is 4.06. The highest BCUT2D eigenvalue weighted by Crippen LogP contribution is 2.40. The third kappa shape index (κ3) is 3.37. The molecule has 10 heteroatoms. The number of halogens is 2. The third-order valence-electron chi connectivity index (χ3n) is 5.29. The van der Waals surface area contributed by atoms with Crippen molar-refractivity contribution in [3.63, 3.8) is 0 Å². The maximum atomic E-state index is 12.8. The second-order valence-electron chi connectivity index (χ2n) is 7.52. The van der Waals surface area contributed by atoms with E-state index in [-0.39, 0.29) is 11.7 Å². The molecule has 0 saturated heterocycles. The largest absolute Gasteiger partial charge is 0.489 e. The van der Waals surface area contributed by atoms with E-state index in [0.717, 1.165) is 17.5 Å². The van der Waals surface area contributed by atoms with Gasteiger partial charge >= 0.3 is 6.61 Å². The Morgan fingerprint density at radius 2 is 1.81 bits per heavy atom. The monoisotopic (exact) mass is 429 g/mol. The number of alkyl halides is 2. The van der Waals surface area contributed by atoms with Crippen LogP contribution in [0.4, 0.5) is 14.7 Å². The molecule has 3 aromatic rings. The molecule has 0 fully saturated rings. The average molecular weight is 429 g/mol. The normalized spacial score (nSPS) is 17.7. The van der Waals surface area contributed by atoms with Crippen LogP contribution < -0.4 is 25.3 Å². The molecule has 8 nitrogen and oxygen atoms in total. The van der Waals surface area contributed by atoms with E-state index in [2.05, 4.69) is 20.0 Å². The molecule has 1 unspecified atom stereocenters. The number of aromatic nitrogens is 2. The lowest BCUT2D eigenvalue weighted by Crippen LogP contribution is -2.31. The topological polar surface area (TPSA) is 95.9 Å². The van der Waals surface area contributed by atoms with Crippen LogP contribution in [-0.4, -0.2) is 35.3 Å². The van der Waals surface area contributed by atoms with Gasteiger partial charge in [-0.3, -0.25) is 9.88 Å². The first-order chi connectivity index (χ1) is 14.9. The number of imidazole rings is 1. The molecule has 2 aliphatic heterocycles. The summed E-state index contributed by atoms with van der Waals surface area (Å²) < 4.78 is 43.8. The molecular weight excluding hydrogens is 408 g/mol. The van der Waals surface area contributed by atoms with Gasteiger partial charge in [0.25, 0.3) is 0 Å². The highest BCUT2D eigenvalue weighted by Gasteiger charge is 2.28. The minimum atomic E-state index is -2.89. The summed E-state index contributed by atoms with van der Waals surface area (Å²) >= 11 is 0. The van der Waals surface area contributed by atoms with Gasteiger partial charge in [-0.2, -0.15) is 8.78 Å². The van der Waals surface area contributed by atoms with Crippen molar-refractivity contribution >= 4 is 22.9 Å². The zero-order chi connectivity index (χ0) is 21.7. The van der Waals surface area contributed by atoms with Crippen LogP contribution in [0, 0.1) is 13.8 Å². The zero-order valence-corrected chi connectivity index (χ0v) is 17.0. The molecular formula is C21H21F2N5O3. The summed E-state index contributed by atoms with van der Waals surface area (Å²) in [7, 11) is 0. The first kappa shape index (κ1) is 19.4. The van der Waals surface area contributed by atoms with Gasteiger partial charge in [-0.1, -0.05) is 0 Å². The van der Waals surface area contributed by atoms with Crippen molar-refractivity contribution in [1.82, 2.24) is 9.55 Å². The molecule has 0 saturated carbocycles. The fraction of sp³-hybridized carbons (Fsp3) is 0.333. The van der Waals surface area contributed by atoms with E-state index in [1.165, 1.54) is 0 Å². The van der Waals surface area contributed by atoms with Gasteiger partial charge in [0.1, 0.15) is 5.75 Å². The Morgan fingerprint density at radius 1 is 1.13 bits per heavy atom. The van der Waals surface area contributed by atoms with Crippen LogP contribution in [0.3, 0.4) is 0 Å². The molecule has 0 bridgehead atoms. The molecule has 2 aliphatic rings. The Bertz CT molecular complexity index is 1180. The summed E-state index contributed by atoms with van der Waals surface area (Å²) in [5.41, 5.74) is 9.45. The summed E-state index contributed by atoms with van der Waals surface area (Å²) in [5.74, 6) is 2.19. The standard InChI is InChI=1S/C21H21F2N5O3/c1-10-6-12(7-11(2)17(10)31-19(22)23)18-26-20(24)27-21-25-13-8-15-16(9-14(13)28(18)21)30-5-3-4-29-15/h6-9,18-19H,3-5H2,1-2H3,(H3,24,25,26,27). The van der Waals surface area contributed by atoms with E-state index >= 15 is 0 Å². The van der Waals surface area contributed by atoms with Crippen LogP contribution in [0.2, 0.25) is 0 Å². The molecule has 3 N–H and O–H groups in total. The van der Waals surface area contributed by atoms with Crippen LogP contribution in [0.1, 0.15) is 29.3 Å². The van der Waals surface area contributed by atoms with Crippen LogP contribution in [0.5, 0.6) is 17.2 Å². The maximum Gasteiger partial charge on any atom is 0.387 e. The van der Waals surface area contributed by atoms with Crippen LogP contribution in [0.25, 0.3) is 11.0 Å². The van der Waals surface area contributed by atoms with E-state index < -0.39 is 12.8 Å². The molecule has 0 spiro atoms. The number of rotatable bonds is 3. The van der Waals surface area contributed by atoms with Crippen LogP contribution >= 0.6 is 0 Å². The van der Waals surface area contributed by atoms with Crippen molar-refractivity contribution in [3.05, 3.63) is 41.0 Å². The number of nitrogens with zero attached hydrogens (tertiary/aromatic N) is 3. The number of nitrogens with two attached hydrogens (primary N) is 1. The SMILES string of the molecule is Cc1cc(C2N=C(N)Nc3nc4cc5c(cc4n32)OCCCO5)cc(C)c1OC(F)F. The van der Waals surface area contributed by atoms with Crippen molar-refractivity contribution in [2.24, 2.45) is 10.7 Å². The second-order valence-corrected chi connectivity index (χ2v) is 7.52. The Kier molecular flexibility index (Phi) is 4.57. The molecule has 162 valence electrons. The van der Waals surface area contributed by atoms with Gasteiger partial charge < -0.3 is 19.9 Å². The lowest BCUT2D eigenvalue weighted by Gasteiger charge is -2.25. The average Bonchev–Trinajstić information content (AvgIpc) is 2.89. The number of hydrogen-bond acceptors (Lipinski definition) is 7. The molecule has 1 atom stereocenters. The fourth-order valence-corrected chi connectivity index (χ4v) is 4.06. The Hall–Kier alpha value is -3.56. The zero-order valence-electron chi connectivity index (χ0n) is 17.0. The predicted molar refractivity (Wildman–Crippen MR) is 111 cm³/mol. The van der Waals surface area contributed by atoms with Crippen molar-refractivity contribution in [2.45, 2.75) is 33.0 Å². The Morgan fingerprint density at radius 3 is 2.48 bits per heavy atom. The summed E-state index contributed by atoms with van der Waals surface area (Å²) in [4.78, 5) is 9.22. The molecule has 31 heavy (non-hydrogen) atoms. The summed E-state index contributed by atoms with van der Waals surface area (Å²) in [6, 6.07) is 7.27. The maximum absolute atomic E-state index is 12.8. The van der Waals surface area contributed by atoms with E-state index in [4.69, 9.17) is 15.2 Å². The number of aryl methyl sites for hydroxylation is 2.